The Morgan fingerprint density at radius 2 is 2.00 bits per heavy atom. The van der Waals surface area contributed by atoms with E-state index in [-0.39, 0.29) is 18.8 Å². The summed E-state index contributed by atoms with van der Waals surface area (Å²) in [7, 11) is 1.54. The van der Waals surface area contributed by atoms with Crippen molar-refractivity contribution < 1.29 is 19.6 Å². The largest absolute Gasteiger partial charge is 0.444 e. The molecule has 0 saturated carbocycles. The molecular formula is C14H20N2O5. The lowest BCUT2D eigenvalue weighted by molar-refractivity contribution is -0.384. The molecule has 1 aromatic rings. The van der Waals surface area contributed by atoms with Crippen LogP contribution in [0.1, 0.15) is 31.9 Å². The Balaban J connectivity index is 2.92. The van der Waals surface area contributed by atoms with E-state index in [0.717, 1.165) is 0 Å². The van der Waals surface area contributed by atoms with E-state index in [2.05, 4.69) is 0 Å². The molecule has 0 unspecified atom stereocenters. The van der Waals surface area contributed by atoms with Crippen LogP contribution in [0.3, 0.4) is 0 Å². The number of nitro benzene ring substituents is 1. The van der Waals surface area contributed by atoms with Gasteiger partial charge in [-0.25, -0.2) is 4.79 Å². The van der Waals surface area contributed by atoms with E-state index < -0.39 is 16.6 Å². The van der Waals surface area contributed by atoms with Crippen molar-refractivity contribution in [1.29, 1.82) is 0 Å². The number of ether oxygens (including phenoxy) is 1. The average molecular weight is 296 g/mol. The molecule has 0 radical (unpaired) electrons. The fourth-order valence-electron chi connectivity index (χ4n) is 1.69. The van der Waals surface area contributed by atoms with Crippen molar-refractivity contribution in [2.75, 3.05) is 7.05 Å². The van der Waals surface area contributed by atoms with Crippen LogP contribution in [0, 0.1) is 10.1 Å². The zero-order valence-corrected chi connectivity index (χ0v) is 12.6. The SMILES string of the molecule is CN(Cc1cc([N+](=O)[O-])ccc1CO)C(=O)OC(C)(C)C. The van der Waals surface area contributed by atoms with Crippen molar-refractivity contribution in [3.8, 4) is 0 Å². The zero-order valence-electron chi connectivity index (χ0n) is 12.6. The maximum Gasteiger partial charge on any atom is 0.410 e. The van der Waals surface area contributed by atoms with Gasteiger partial charge in [-0.1, -0.05) is 0 Å². The average Bonchev–Trinajstić information content (AvgIpc) is 2.36. The lowest BCUT2D eigenvalue weighted by atomic mass is 10.1. The van der Waals surface area contributed by atoms with E-state index in [1.165, 1.54) is 30.1 Å². The van der Waals surface area contributed by atoms with Gasteiger partial charge < -0.3 is 14.7 Å². The van der Waals surface area contributed by atoms with Crippen molar-refractivity contribution in [2.24, 2.45) is 0 Å². The zero-order chi connectivity index (χ0) is 16.2. The molecule has 1 aromatic carbocycles. The van der Waals surface area contributed by atoms with Crippen LogP contribution in [0.4, 0.5) is 10.5 Å². The first kappa shape index (κ1) is 16.9. The Labute approximate surface area is 123 Å². The fourth-order valence-corrected chi connectivity index (χ4v) is 1.69. The van der Waals surface area contributed by atoms with E-state index in [1.807, 2.05) is 0 Å². The van der Waals surface area contributed by atoms with Crippen molar-refractivity contribution in [1.82, 2.24) is 4.90 Å². The summed E-state index contributed by atoms with van der Waals surface area (Å²) >= 11 is 0. The second kappa shape index (κ2) is 6.53. The quantitative estimate of drug-likeness (QED) is 0.680. The molecule has 0 bridgehead atoms. The highest BCUT2D eigenvalue weighted by Crippen LogP contribution is 2.20. The molecule has 0 aliphatic carbocycles. The third-order valence-electron chi connectivity index (χ3n) is 2.68. The number of amides is 1. The molecule has 0 aromatic heterocycles. The van der Waals surface area contributed by atoms with Crippen LogP contribution >= 0.6 is 0 Å². The lowest BCUT2D eigenvalue weighted by Crippen LogP contribution is -2.34. The van der Waals surface area contributed by atoms with Crippen LogP contribution in [0.5, 0.6) is 0 Å². The van der Waals surface area contributed by atoms with E-state index in [0.29, 0.717) is 11.1 Å². The van der Waals surface area contributed by atoms with Crippen molar-refractivity contribution in [3.63, 3.8) is 0 Å². The molecule has 1 N–H and O–H groups in total. The number of hydrogen-bond donors (Lipinski definition) is 1. The molecule has 0 saturated heterocycles. The number of hydrogen-bond acceptors (Lipinski definition) is 5. The second-order valence-corrected chi connectivity index (χ2v) is 5.70. The van der Waals surface area contributed by atoms with Crippen LogP contribution in [0.25, 0.3) is 0 Å². The normalized spacial score (nSPS) is 11.1. The molecule has 116 valence electrons. The van der Waals surface area contributed by atoms with Gasteiger partial charge in [0.25, 0.3) is 5.69 Å². The molecule has 0 atom stereocenters. The Morgan fingerprint density at radius 1 is 1.38 bits per heavy atom. The highest BCUT2D eigenvalue weighted by molar-refractivity contribution is 5.67. The molecule has 1 amide bonds. The smallest absolute Gasteiger partial charge is 0.410 e. The predicted molar refractivity (Wildman–Crippen MR) is 76.7 cm³/mol. The standard InChI is InChI=1S/C14H20N2O5/c1-14(2,3)21-13(18)15(4)8-11-7-12(16(19)20)6-5-10(11)9-17/h5-7,17H,8-9H2,1-4H3. The number of carbonyl (C=O) groups excluding carboxylic acids is 1. The summed E-state index contributed by atoms with van der Waals surface area (Å²) in [5.41, 5.74) is 0.351. The fraction of sp³-hybridized carbons (Fsp3) is 0.500. The maximum atomic E-state index is 11.9. The number of nitrogens with zero attached hydrogens (tertiary/aromatic N) is 2. The summed E-state index contributed by atoms with van der Waals surface area (Å²) in [5, 5.41) is 20.1. The first-order valence-electron chi connectivity index (χ1n) is 6.45. The van der Waals surface area contributed by atoms with Crippen LogP contribution < -0.4 is 0 Å². The highest BCUT2D eigenvalue weighted by atomic mass is 16.6. The molecule has 21 heavy (non-hydrogen) atoms. The van der Waals surface area contributed by atoms with Crippen molar-refractivity contribution >= 4 is 11.8 Å². The van der Waals surface area contributed by atoms with Gasteiger partial charge in [-0.05, 0) is 38.0 Å². The number of non-ortho nitro benzene ring substituents is 1. The molecular weight excluding hydrogens is 276 g/mol. The van der Waals surface area contributed by atoms with Gasteiger partial charge >= 0.3 is 6.09 Å². The summed E-state index contributed by atoms with van der Waals surface area (Å²) < 4.78 is 5.21. The van der Waals surface area contributed by atoms with E-state index in [9.17, 15) is 20.0 Å². The third-order valence-corrected chi connectivity index (χ3v) is 2.68. The molecule has 1 rings (SSSR count). The number of aliphatic hydroxyl groups excluding tert-OH is 1. The van der Waals surface area contributed by atoms with Gasteiger partial charge in [0, 0.05) is 25.7 Å². The summed E-state index contributed by atoms with van der Waals surface area (Å²) in [6.07, 6.45) is -0.530. The molecule has 7 heteroatoms. The predicted octanol–water partition coefficient (Wildman–Crippen LogP) is 2.45. The highest BCUT2D eigenvalue weighted by Gasteiger charge is 2.21. The first-order valence-corrected chi connectivity index (χ1v) is 6.45. The van der Waals surface area contributed by atoms with Gasteiger partial charge in [0.05, 0.1) is 11.5 Å². The van der Waals surface area contributed by atoms with Gasteiger partial charge in [0.15, 0.2) is 0 Å². The van der Waals surface area contributed by atoms with Crippen molar-refractivity contribution in [2.45, 2.75) is 39.5 Å². The second-order valence-electron chi connectivity index (χ2n) is 5.70. The van der Waals surface area contributed by atoms with Crippen LogP contribution in [0.2, 0.25) is 0 Å². The first-order chi connectivity index (χ1) is 9.64. The summed E-state index contributed by atoms with van der Waals surface area (Å²) in [6.45, 7) is 5.13. The van der Waals surface area contributed by atoms with Crippen LogP contribution in [-0.2, 0) is 17.9 Å². The minimum Gasteiger partial charge on any atom is -0.444 e. The topological polar surface area (TPSA) is 92.9 Å². The van der Waals surface area contributed by atoms with Gasteiger partial charge in [-0.3, -0.25) is 10.1 Å². The Morgan fingerprint density at radius 3 is 2.48 bits per heavy atom. The molecule has 0 aliphatic rings. The molecule has 7 nitrogen and oxygen atoms in total. The molecule has 0 heterocycles. The summed E-state index contributed by atoms with van der Waals surface area (Å²) in [4.78, 5) is 23.5. The number of nitro groups is 1. The van der Waals surface area contributed by atoms with Gasteiger partial charge in [-0.15, -0.1) is 0 Å². The van der Waals surface area contributed by atoms with E-state index >= 15 is 0 Å². The van der Waals surface area contributed by atoms with Gasteiger partial charge in [-0.2, -0.15) is 0 Å². The number of aliphatic hydroxyl groups is 1. The number of carbonyl (C=O) groups is 1. The van der Waals surface area contributed by atoms with Crippen molar-refractivity contribution in [3.05, 3.63) is 39.4 Å². The Kier molecular flexibility index (Phi) is 5.26. The van der Waals surface area contributed by atoms with Gasteiger partial charge in [0.1, 0.15) is 5.60 Å². The summed E-state index contributed by atoms with van der Waals surface area (Å²) in [6, 6.07) is 4.16. The van der Waals surface area contributed by atoms with E-state index in [1.54, 1.807) is 20.8 Å². The summed E-state index contributed by atoms with van der Waals surface area (Å²) in [5.74, 6) is 0. The molecule has 0 fully saturated rings. The Bertz CT molecular complexity index is 537. The van der Waals surface area contributed by atoms with E-state index in [4.69, 9.17) is 4.74 Å². The molecule has 0 spiro atoms. The lowest BCUT2D eigenvalue weighted by Gasteiger charge is -2.25. The minimum atomic E-state index is -0.617. The Hall–Kier alpha value is -2.15. The number of benzene rings is 1. The molecule has 0 aliphatic heterocycles. The minimum absolute atomic E-state index is 0.0835. The van der Waals surface area contributed by atoms with Crippen LogP contribution in [0.15, 0.2) is 18.2 Å². The maximum absolute atomic E-state index is 11.9. The number of rotatable bonds is 4. The third kappa shape index (κ3) is 5.03. The monoisotopic (exact) mass is 296 g/mol. The van der Waals surface area contributed by atoms with Gasteiger partial charge in [0.2, 0.25) is 0 Å². The van der Waals surface area contributed by atoms with Crippen LogP contribution in [-0.4, -0.2) is 33.7 Å².